The minimum Gasteiger partial charge on any atom is -0.485 e. The van der Waals surface area contributed by atoms with Gasteiger partial charge in [-0.25, -0.2) is 0 Å². The van der Waals surface area contributed by atoms with Crippen LogP contribution in [0.4, 0.5) is 5.69 Å². The van der Waals surface area contributed by atoms with Gasteiger partial charge in [0.1, 0.15) is 23.6 Å². The molecule has 4 rings (SSSR count). The predicted octanol–water partition coefficient (Wildman–Crippen LogP) is 6.44. The van der Waals surface area contributed by atoms with Gasteiger partial charge >= 0.3 is 0 Å². The average molecular weight is 432 g/mol. The maximum Gasteiger partial charge on any atom is 0.132 e. The molecule has 4 heteroatoms. The highest BCUT2D eigenvalue weighted by Crippen LogP contribution is 2.44. The first kappa shape index (κ1) is 22.4. The number of fused-ring (bicyclic) bond motifs is 1. The average Bonchev–Trinajstić information content (AvgIpc) is 2.79. The molecule has 0 spiro atoms. The van der Waals surface area contributed by atoms with E-state index in [1.807, 2.05) is 25.1 Å². The van der Waals surface area contributed by atoms with Crippen LogP contribution in [0, 0.1) is 6.92 Å². The Labute approximate surface area is 191 Å². The van der Waals surface area contributed by atoms with Crippen LogP contribution < -0.4 is 10.1 Å². The van der Waals surface area contributed by atoms with Crippen LogP contribution in [0.25, 0.3) is 0 Å². The summed E-state index contributed by atoms with van der Waals surface area (Å²) in [6.45, 7) is 10.2. The molecule has 1 N–H and O–H groups in total. The zero-order valence-electron chi connectivity index (χ0n) is 19.4. The van der Waals surface area contributed by atoms with Crippen LogP contribution >= 0.6 is 0 Å². The number of hydrogen-bond donors (Lipinski definition) is 1. The fourth-order valence-electron chi connectivity index (χ4n) is 4.24. The Bertz CT molecular complexity index is 1030. The molecule has 4 nitrogen and oxygen atoms in total. The summed E-state index contributed by atoms with van der Waals surface area (Å²) < 4.78 is 19.2. The second-order valence-electron chi connectivity index (χ2n) is 8.83. The number of aryl methyl sites for hydroxylation is 1. The molecular weight excluding hydrogens is 398 g/mol. The van der Waals surface area contributed by atoms with E-state index < -0.39 is 5.60 Å². The van der Waals surface area contributed by atoms with Gasteiger partial charge in [-0.3, -0.25) is 0 Å². The standard InChI is InChI=1S/C28H33NO3/c1-5-30-26-24-17-23(29-18-21-12-7-6-8-13-21)15-16-25(24)32-28(3,4)27(26)31-19-22-14-10-9-11-20(22)2/h6-17,26-27,29H,5,18-19H2,1-4H3. The van der Waals surface area contributed by atoms with Crippen LogP contribution in [0.1, 0.15) is 49.1 Å². The minimum absolute atomic E-state index is 0.207. The highest BCUT2D eigenvalue weighted by atomic mass is 16.6. The van der Waals surface area contributed by atoms with Gasteiger partial charge in [0.15, 0.2) is 0 Å². The molecule has 0 bridgehead atoms. The second kappa shape index (κ2) is 9.76. The Morgan fingerprint density at radius 3 is 2.44 bits per heavy atom. The van der Waals surface area contributed by atoms with Gasteiger partial charge in [-0.15, -0.1) is 0 Å². The molecule has 168 valence electrons. The largest absolute Gasteiger partial charge is 0.485 e. The van der Waals surface area contributed by atoms with Gasteiger partial charge in [0.2, 0.25) is 0 Å². The molecule has 1 heterocycles. The van der Waals surface area contributed by atoms with Crippen LogP contribution in [0.2, 0.25) is 0 Å². The first-order valence-corrected chi connectivity index (χ1v) is 11.4. The minimum atomic E-state index is -0.519. The summed E-state index contributed by atoms with van der Waals surface area (Å²) in [6, 6.07) is 25.0. The summed E-state index contributed by atoms with van der Waals surface area (Å²) in [5, 5.41) is 3.52. The number of rotatable bonds is 8. The smallest absolute Gasteiger partial charge is 0.132 e. The lowest BCUT2D eigenvalue weighted by molar-refractivity contribution is -0.166. The van der Waals surface area contributed by atoms with Crippen molar-refractivity contribution in [2.24, 2.45) is 0 Å². The first-order valence-electron chi connectivity index (χ1n) is 11.4. The van der Waals surface area contributed by atoms with Crippen molar-refractivity contribution in [3.8, 4) is 5.75 Å². The Balaban J connectivity index is 1.57. The first-order chi connectivity index (χ1) is 15.5. The van der Waals surface area contributed by atoms with Gasteiger partial charge in [-0.05, 0) is 62.6 Å². The lowest BCUT2D eigenvalue weighted by Gasteiger charge is -2.44. The molecule has 0 aromatic heterocycles. The predicted molar refractivity (Wildman–Crippen MR) is 129 cm³/mol. The summed E-state index contributed by atoms with van der Waals surface area (Å²) in [6.07, 6.45) is -0.444. The van der Waals surface area contributed by atoms with Crippen LogP contribution in [0.15, 0.2) is 72.8 Å². The highest BCUT2D eigenvalue weighted by molar-refractivity contribution is 5.54. The van der Waals surface area contributed by atoms with Crippen molar-refractivity contribution in [3.05, 3.63) is 95.1 Å². The van der Waals surface area contributed by atoms with E-state index in [0.717, 1.165) is 23.5 Å². The zero-order chi connectivity index (χ0) is 22.6. The Hall–Kier alpha value is -2.82. The van der Waals surface area contributed by atoms with E-state index in [4.69, 9.17) is 14.2 Å². The zero-order valence-corrected chi connectivity index (χ0v) is 19.4. The van der Waals surface area contributed by atoms with Gasteiger partial charge in [0.25, 0.3) is 0 Å². The van der Waals surface area contributed by atoms with E-state index in [2.05, 4.69) is 80.7 Å². The molecule has 3 aromatic rings. The molecule has 32 heavy (non-hydrogen) atoms. The Kier molecular flexibility index (Phi) is 6.83. The summed E-state index contributed by atoms with van der Waals surface area (Å²) in [4.78, 5) is 0. The van der Waals surface area contributed by atoms with E-state index in [0.29, 0.717) is 13.2 Å². The van der Waals surface area contributed by atoms with E-state index in [1.165, 1.54) is 16.7 Å². The second-order valence-corrected chi connectivity index (χ2v) is 8.83. The van der Waals surface area contributed by atoms with Crippen molar-refractivity contribution in [2.75, 3.05) is 11.9 Å². The molecule has 3 aromatic carbocycles. The number of benzene rings is 3. The van der Waals surface area contributed by atoms with E-state index in [-0.39, 0.29) is 12.2 Å². The third-order valence-corrected chi connectivity index (χ3v) is 6.01. The molecule has 0 amide bonds. The summed E-state index contributed by atoms with van der Waals surface area (Å²) in [5.41, 5.74) is 5.19. The summed E-state index contributed by atoms with van der Waals surface area (Å²) in [7, 11) is 0. The third-order valence-electron chi connectivity index (χ3n) is 6.01. The summed E-state index contributed by atoms with van der Waals surface area (Å²) in [5.74, 6) is 0.856. The van der Waals surface area contributed by atoms with Crippen molar-refractivity contribution < 1.29 is 14.2 Å². The SMILES string of the molecule is CCOC1c2cc(NCc3ccccc3)ccc2OC(C)(C)C1OCc1ccccc1C. The number of nitrogens with one attached hydrogen (secondary N) is 1. The molecule has 0 radical (unpaired) electrons. The lowest BCUT2D eigenvalue weighted by Crippen LogP contribution is -2.51. The maximum absolute atomic E-state index is 6.49. The third kappa shape index (κ3) is 4.98. The Morgan fingerprint density at radius 1 is 0.938 bits per heavy atom. The molecule has 0 fully saturated rings. The van der Waals surface area contributed by atoms with Crippen molar-refractivity contribution >= 4 is 5.69 Å². The fourth-order valence-corrected chi connectivity index (χ4v) is 4.24. The molecule has 0 aliphatic carbocycles. The van der Waals surface area contributed by atoms with Crippen LogP contribution in [-0.4, -0.2) is 18.3 Å². The molecular formula is C28H33NO3. The molecule has 1 aliphatic heterocycles. The fraction of sp³-hybridized carbons (Fsp3) is 0.357. The van der Waals surface area contributed by atoms with Crippen molar-refractivity contribution in [2.45, 2.75) is 58.7 Å². The maximum atomic E-state index is 6.49. The number of ether oxygens (including phenoxy) is 3. The van der Waals surface area contributed by atoms with Gasteiger partial charge in [-0.1, -0.05) is 54.6 Å². The highest BCUT2D eigenvalue weighted by Gasteiger charge is 2.45. The number of hydrogen-bond acceptors (Lipinski definition) is 4. The normalized spacial score (nSPS) is 19.1. The monoisotopic (exact) mass is 431 g/mol. The van der Waals surface area contributed by atoms with Crippen molar-refractivity contribution in [1.82, 2.24) is 0 Å². The van der Waals surface area contributed by atoms with Gasteiger partial charge in [0.05, 0.1) is 6.61 Å². The summed E-state index contributed by atoms with van der Waals surface area (Å²) >= 11 is 0. The van der Waals surface area contributed by atoms with Gasteiger partial charge in [0, 0.05) is 24.4 Å². The number of anilines is 1. The lowest BCUT2D eigenvalue weighted by atomic mass is 9.87. The molecule has 2 atom stereocenters. The van der Waals surface area contributed by atoms with E-state index in [1.54, 1.807) is 0 Å². The molecule has 0 saturated carbocycles. The van der Waals surface area contributed by atoms with Crippen LogP contribution in [0.5, 0.6) is 5.75 Å². The topological polar surface area (TPSA) is 39.7 Å². The van der Waals surface area contributed by atoms with Crippen molar-refractivity contribution in [3.63, 3.8) is 0 Å². The van der Waals surface area contributed by atoms with Gasteiger partial charge in [-0.2, -0.15) is 0 Å². The molecule has 2 unspecified atom stereocenters. The van der Waals surface area contributed by atoms with Crippen LogP contribution in [0.3, 0.4) is 0 Å². The van der Waals surface area contributed by atoms with Crippen molar-refractivity contribution in [1.29, 1.82) is 0 Å². The van der Waals surface area contributed by atoms with E-state index >= 15 is 0 Å². The van der Waals surface area contributed by atoms with Gasteiger partial charge < -0.3 is 19.5 Å². The Morgan fingerprint density at radius 2 is 1.69 bits per heavy atom. The molecule has 1 aliphatic rings. The molecule has 0 saturated heterocycles. The van der Waals surface area contributed by atoms with E-state index in [9.17, 15) is 0 Å². The van der Waals surface area contributed by atoms with Crippen LogP contribution in [-0.2, 0) is 22.6 Å². The quantitative estimate of drug-likeness (QED) is 0.445.